The molecule has 0 saturated heterocycles. The van der Waals surface area contributed by atoms with Gasteiger partial charge in [-0.25, -0.2) is 4.79 Å². The highest BCUT2D eigenvalue weighted by molar-refractivity contribution is 9.10. The zero-order valence-corrected chi connectivity index (χ0v) is 9.82. The molecule has 5 heteroatoms. The van der Waals surface area contributed by atoms with Gasteiger partial charge in [0.15, 0.2) is 6.10 Å². The topological polar surface area (TPSA) is 72.5 Å². The van der Waals surface area contributed by atoms with Crippen LogP contribution in [0, 0.1) is 0 Å². The van der Waals surface area contributed by atoms with Crippen molar-refractivity contribution in [3.8, 4) is 5.75 Å². The third-order valence-electron chi connectivity index (χ3n) is 1.88. The highest BCUT2D eigenvalue weighted by Gasteiger charge is 2.13. The van der Waals surface area contributed by atoms with E-state index in [1.165, 1.54) is 6.92 Å². The van der Waals surface area contributed by atoms with Gasteiger partial charge in [0.1, 0.15) is 5.75 Å². The molecule has 1 rings (SSSR count). The Morgan fingerprint density at radius 3 is 2.80 bits per heavy atom. The van der Waals surface area contributed by atoms with Crippen molar-refractivity contribution in [3.63, 3.8) is 0 Å². The Morgan fingerprint density at radius 2 is 2.33 bits per heavy atom. The zero-order chi connectivity index (χ0) is 11.4. The van der Waals surface area contributed by atoms with Crippen LogP contribution >= 0.6 is 15.9 Å². The van der Waals surface area contributed by atoms with E-state index in [0.717, 1.165) is 5.56 Å². The second-order valence-corrected chi connectivity index (χ2v) is 3.92. The third kappa shape index (κ3) is 3.21. The summed E-state index contributed by atoms with van der Waals surface area (Å²) in [6.45, 7) is 1.92. The molecular weight excluding hydrogens is 262 g/mol. The number of benzene rings is 1. The Labute approximate surface area is 96.2 Å². The van der Waals surface area contributed by atoms with E-state index in [1.54, 1.807) is 12.1 Å². The molecule has 0 aromatic heterocycles. The van der Waals surface area contributed by atoms with Gasteiger partial charge in [-0.15, -0.1) is 0 Å². The van der Waals surface area contributed by atoms with E-state index >= 15 is 0 Å². The number of carboxylic acids is 1. The Kier molecular flexibility index (Phi) is 4.11. The first-order chi connectivity index (χ1) is 7.04. The number of aliphatic carboxylic acids is 1. The molecule has 0 saturated carbocycles. The molecule has 0 amide bonds. The van der Waals surface area contributed by atoms with Gasteiger partial charge >= 0.3 is 5.97 Å². The molecule has 0 bridgehead atoms. The second-order valence-electron chi connectivity index (χ2n) is 3.07. The van der Waals surface area contributed by atoms with Crippen LogP contribution in [0.4, 0.5) is 0 Å². The molecule has 1 atom stereocenters. The lowest BCUT2D eigenvalue weighted by atomic mass is 10.2. The fourth-order valence-corrected chi connectivity index (χ4v) is 1.53. The molecule has 0 heterocycles. The van der Waals surface area contributed by atoms with Gasteiger partial charge in [-0.3, -0.25) is 0 Å². The van der Waals surface area contributed by atoms with Gasteiger partial charge in [-0.1, -0.05) is 6.07 Å². The molecule has 1 aromatic rings. The summed E-state index contributed by atoms with van der Waals surface area (Å²) in [5.74, 6) is -0.494. The van der Waals surface area contributed by atoms with E-state index in [2.05, 4.69) is 15.9 Å². The van der Waals surface area contributed by atoms with Crippen LogP contribution in [0.25, 0.3) is 0 Å². The quantitative estimate of drug-likeness (QED) is 0.877. The molecule has 0 fully saturated rings. The average Bonchev–Trinajstić information content (AvgIpc) is 2.20. The number of carboxylic acid groups (broad SMARTS) is 1. The van der Waals surface area contributed by atoms with E-state index < -0.39 is 12.1 Å². The van der Waals surface area contributed by atoms with Crippen molar-refractivity contribution in [1.29, 1.82) is 0 Å². The predicted octanol–water partition coefficient (Wildman–Crippen LogP) is 1.76. The van der Waals surface area contributed by atoms with Gasteiger partial charge in [-0.05, 0) is 40.5 Å². The molecular formula is C10H12BrNO3. The van der Waals surface area contributed by atoms with Crippen molar-refractivity contribution in [1.82, 2.24) is 0 Å². The monoisotopic (exact) mass is 273 g/mol. The van der Waals surface area contributed by atoms with Crippen molar-refractivity contribution in [3.05, 3.63) is 28.2 Å². The highest BCUT2D eigenvalue weighted by atomic mass is 79.9. The highest BCUT2D eigenvalue weighted by Crippen LogP contribution is 2.26. The summed E-state index contributed by atoms with van der Waals surface area (Å²) in [7, 11) is 0. The van der Waals surface area contributed by atoms with E-state index in [4.69, 9.17) is 15.6 Å². The minimum Gasteiger partial charge on any atom is -0.479 e. The van der Waals surface area contributed by atoms with Crippen molar-refractivity contribution < 1.29 is 14.6 Å². The van der Waals surface area contributed by atoms with Gasteiger partial charge in [0.2, 0.25) is 0 Å². The summed E-state index contributed by atoms with van der Waals surface area (Å²) >= 11 is 3.29. The minimum atomic E-state index is -0.996. The number of rotatable bonds is 4. The maximum absolute atomic E-state index is 10.6. The summed E-state index contributed by atoms with van der Waals surface area (Å²) in [6, 6.07) is 5.31. The minimum absolute atomic E-state index is 0.438. The second kappa shape index (κ2) is 5.14. The van der Waals surface area contributed by atoms with Crippen molar-refractivity contribution in [2.24, 2.45) is 5.73 Å². The lowest BCUT2D eigenvalue weighted by Gasteiger charge is -2.12. The van der Waals surface area contributed by atoms with Gasteiger partial charge in [-0.2, -0.15) is 0 Å². The lowest BCUT2D eigenvalue weighted by molar-refractivity contribution is -0.144. The first-order valence-electron chi connectivity index (χ1n) is 4.42. The first kappa shape index (κ1) is 12.0. The lowest BCUT2D eigenvalue weighted by Crippen LogP contribution is -2.23. The molecule has 0 radical (unpaired) electrons. The number of hydrogen-bond donors (Lipinski definition) is 2. The maximum atomic E-state index is 10.6. The molecule has 0 aliphatic heterocycles. The van der Waals surface area contributed by atoms with Crippen LogP contribution in [0.15, 0.2) is 22.7 Å². The van der Waals surface area contributed by atoms with Gasteiger partial charge in [0.05, 0.1) is 4.47 Å². The number of nitrogens with two attached hydrogens (primary N) is 1. The molecule has 82 valence electrons. The van der Waals surface area contributed by atoms with Crippen LogP contribution < -0.4 is 10.5 Å². The Hall–Kier alpha value is -1.07. The molecule has 4 nitrogen and oxygen atoms in total. The van der Waals surface area contributed by atoms with Crippen LogP contribution in [-0.4, -0.2) is 17.2 Å². The summed E-state index contributed by atoms with van der Waals surface area (Å²) in [5.41, 5.74) is 6.42. The SMILES string of the molecule is CC(Oc1ccc(CN)cc1Br)C(=O)O. The number of carbonyl (C=O) groups is 1. The van der Waals surface area contributed by atoms with E-state index in [-0.39, 0.29) is 0 Å². The smallest absolute Gasteiger partial charge is 0.344 e. The van der Waals surface area contributed by atoms with E-state index in [9.17, 15) is 4.79 Å². The number of hydrogen-bond acceptors (Lipinski definition) is 3. The van der Waals surface area contributed by atoms with Crippen molar-refractivity contribution in [2.75, 3.05) is 0 Å². The van der Waals surface area contributed by atoms with Crippen molar-refractivity contribution >= 4 is 21.9 Å². The Morgan fingerprint density at radius 1 is 1.67 bits per heavy atom. The molecule has 1 aromatic carbocycles. The summed E-state index contributed by atoms with van der Waals surface area (Å²) < 4.78 is 5.93. The summed E-state index contributed by atoms with van der Waals surface area (Å²) in [6.07, 6.45) is -0.870. The van der Waals surface area contributed by atoms with Crippen LogP contribution in [0.3, 0.4) is 0 Å². The van der Waals surface area contributed by atoms with Crippen molar-refractivity contribution in [2.45, 2.75) is 19.6 Å². The number of ether oxygens (including phenoxy) is 1. The standard InChI is InChI=1S/C10H12BrNO3/c1-6(10(13)14)15-9-3-2-7(5-12)4-8(9)11/h2-4,6H,5,12H2,1H3,(H,13,14). The van der Waals surface area contributed by atoms with E-state index in [0.29, 0.717) is 16.8 Å². The van der Waals surface area contributed by atoms with Gasteiger partial charge < -0.3 is 15.6 Å². The van der Waals surface area contributed by atoms with E-state index in [1.807, 2.05) is 6.07 Å². The Bertz CT molecular complexity index is 368. The fraction of sp³-hybridized carbons (Fsp3) is 0.300. The maximum Gasteiger partial charge on any atom is 0.344 e. The normalized spacial score (nSPS) is 12.2. The largest absolute Gasteiger partial charge is 0.479 e. The van der Waals surface area contributed by atoms with Gasteiger partial charge in [0, 0.05) is 6.54 Å². The molecule has 0 aliphatic rings. The Balaban J connectivity index is 2.82. The molecule has 0 aliphatic carbocycles. The van der Waals surface area contributed by atoms with Crippen LogP contribution in [0.5, 0.6) is 5.75 Å². The number of halogens is 1. The molecule has 1 unspecified atom stereocenters. The predicted molar refractivity (Wildman–Crippen MR) is 59.8 cm³/mol. The molecule has 15 heavy (non-hydrogen) atoms. The average molecular weight is 274 g/mol. The fourth-order valence-electron chi connectivity index (χ4n) is 1.01. The zero-order valence-electron chi connectivity index (χ0n) is 8.24. The van der Waals surface area contributed by atoms with Crippen LogP contribution in [0.2, 0.25) is 0 Å². The third-order valence-corrected chi connectivity index (χ3v) is 2.50. The molecule has 0 spiro atoms. The summed E-state index contributed by atoms with van der Waals surface area (Å²) in [5, 5.41) is 8.67. The molecule has 3 N–H and O–H groups in total. The first-order valence-corrected chi connectivity index (χ1v) is 5.22. The summed E-state index contributed by atoms with van der Waals surface area (Å²) in [4.78, 5) is 10.6. The van der Waals surface area contributed by atoms with Crippen LogP contribution in [-0.2, 0) is 11.3 Å². The van der Waals surface area contributed by atoms with Gasteiger partial charge in [0.25, 0.3) is 0 Å². The van der Waals surface area contributed by atoms with Crippen LogP contribution in [0.1, 0.15) is 12.5 Å².